The number of aromatic nitrogens is 2. The van der Waals surface area contributed by atoms with E-state index in [2.05, 4.69) is 15.6 Å². The topological polar surface area (TPSA) is 17.8 Å². The Morgan fingerprint density at radius 3 is 2.94 bits per heavy atom. The number of benzene rings is 1. The Labute approximate surface area is 105 Å². The molecule has 1 aromatic carbocycles. The van der Waals surface area contributed by atoms with Crippen LogP contribution in [0.25, 0.3) is 10.9 Å². The van der Waals surface area contributed by atoms with Crippen molar-refractivity contribution in [1.82, 2.24) is 9.55 Å². The van der Waals surface area contributed by atoms with Gasteiger partial charge in [0.05, 0.1) is 5.52 Å². The van der Waals surface area contributed by atoms with Crippen LogP contribution in [0.1, 0.15) is 5.56 Å². The first-order chi connectivity index (χ1) is 8.83. The number of halogens is 1. The van der Waals surface area contributed by atoms with E-state index >= 15 is 0 Å². The second-order valence-electron chi connectivity index (χ2n) is 4.32. The van der Waals surface area contributed by atoms with Crippen LogP contribution < -0.4 is 0 Å². The fraction of sp³-hybridized carbons (Fsp3) is 0.133. The SMILES string of the molecule is Fc1ccc2ccn(CCc3cccnc3)c2c1. The summed E-state index contributed by atoms with van der Waals surface area (Å²) >= 11 is 0. The van der Waals surface area contributed by atoms with Crippen molar-refractivity contribution in [2.45, 2.75) is 13.0 Å². The maximum atomic E-state index is 13.2. The number of rotatable bonds is 3. The maximum absolute atomic E-state index is 13.2. The lowest BCUT2D eigenvalue weighted by molar-refractivity contribution is 0.627. The Bertz CT molecular complexity index is 659. The molecule has 0 amide bonds. The highest BCUT2D eigenvalue weighted by Crippen LogP contribution is 2.17. The summed E-state index contributed by atoms with van der Waals surface area (Å²) in [6.07, 6.45) is 6.53. The molecule has 0 radical (unpaired) electrons. The molecule has 3 aromatic rings. The van der Waals surface area contributed by atoms with Crippen LogP contribution in [0.3, 0.4) is 0 Å². The zero-order valence-electron chi connectivity index (χ0n) is 9.88. The number of pyridine rings is 1. The standard InChI is InChI=1S/C15H13FN2/c16-14-4-3-13-6-9-18(15(13)10-14)8-5-12-2-1-7-17-11-12/h1-4,6-7,9-11H,5,8H2. The smallest absolute Gasteiger partial charge is 0.125 e. The van der Waals surface area contributed by atoms with Gasteiger partial charge in [0.2, 0.25) is 0 Å². The first-order valence-corrected chi connectivity index (χ1v) is 5.96. The summed E-state index contributed by atoms with van der Waals surface area (Å²) < 4.78 is 15.3. The molecule has 3 rings (SSSR count). The van der Waals surface area contributed by atoms with Crippen molar-refractivity contribution >= 4 is 10.9 Å². The highest BCUT2D eigenvalue weighted by atomic mass is 19.1. The van der Waals surface area contributed by atoms with Gasteiger partial charge in [0.15, 0.2) is 0 Å². The molecule has 0 aliphatic rings. The molecule has 0 aliphatic heterocycles. The molecule has 0 spiro atoms. The van der Waals surface area contributed by atoms with Crippen LogP contribution in [0.2, 0.25) is 0 Å². The average molecular weight is 240 g/mol. The molecule has 2 nitrogen and oxygen atoms in total. The summed E-state index contributed by atoms with van der Waals surface area (Å²) in [5, 5.41) is 1.07. The van der Waals surface area contributed by atoms with E-state index in [1.165, 1.54) is 11.6 Å². The molecule has 0 saturated heterocycles. The fourth-order valence-corrected chi connectivity index (χ4v) is 2.15. The summed E-state index contributed by atoms with van der Waals surface area (Å²) in [6, 6.07) is 10.9. The van der Waals surface area contributed by atoms with E-state index in [-0.39, 0.29) is 5.82 Å². The molecular weight excluding hydrogens is 227 g/mol. The van der Waals surface area contributed by atoms with E-state index in [0.717, 1.165) is 23.9 Å². The van der Waals surface area contributed by atoms with E-state index in [9.17, 15) is 4.39 Å². The van der Waals surface area contributed by atoms with Gasteiger partial charge in [-0.25, -0.2) is 4.39 Å². The van der Waals surface area contributed by atoms with Gasteiger partial charge in [0.25, 0.3) is 0 Å². The number of hydrogen-bond acceptors (Lipinski definition) is 1. The van der Waals surface area contributed by atoms with Crippen LogP contribution >= 0.6 is 0 Å². The normalized spacial score (nSPS) is 10.9. The largest absolute Gasteiger partial charge is 0.347 e. The Morgan fingerprint density at radius 1 is 1.17 bits per heavy atom. The van der Waals surface area contributed by atoms with E-state index < -0.39 is 0 Å². The zero-order valence-corrected chi connectivity index (χ0v) is 9.88. The Hall–Kier alpha value is -2.16. The Kier molecular flexibility index (Phi) is 2.81. The first-order valence-electron chi connectivity index (χ1n) is 5.96. The van der Waals surface area contributed by atoms with Crippen LogP contribution in [0, 0.1) is 5.82 Å². The van der Waals surface area contributed by atoms with Crippen LogP contribution in [0.15, 0.2) is 55.0 Å². The summed E-state index contributed by atoms with van der Waals surface area (Å²) in [5.74, 6) is -0.191. The monoisotopic (exact) mass is 240 g/mol. The van der Waals surface area contributed by atoms with E-state index in [1.807, 2.05) is 30.6 Å². The molecule has 2 heterocycles. The van der Waals surface area contributed by atoms with Gasteiger partial charge in [-0.1, -0.05) is 6.07 Å². The minimum atomic E-state index is -0.191. The van der Waals surface area contributed by atoms with E-state index in [0.29, 0.717) is 0 Å². The summed E-state index contributed by atoms with van der Waals surface area (Å²) in [5.41, 5.74) is 2.13. The first kappa shape index (κ1) is 11.0. The third kappa shape index (κ3) is 2.12. The van der Waals surface area contributed by atoms with Gasteiger partial charge in [0, 0.05) is 25.1 Å². The maximum Gasteiger partial charge on any atom is 0.125 e. The van der Waals surface area contributed by atoms with Crippen molar-refractivity contribution in [3.8, 4) is 0 Å². The lowest BCUT2D eigenvalue weighted by Crippen LogP contribution is -2.00. The van der Waals surface area contributed by atoms with Crippen molar-refractivity contribution in [3.05, 3.63) is 66.4 Å². The fourth-order valence-electron chi connectivity index (χ4n) is 2.15. The van der Waals surface area contributed by atoms with Crippen LogP contribution in [0.4, 0.5) is 4.39 Å². The van der Waals surface area contributed by atoms with E-state index in [4.69, 9.17) is 0 Å². The molecule has 0 bridgehead atoms. The van der Waals surface area contributed by atoms with Crippen molar-refractivity contribution in [2.75, 3.05) is 0 Å². The lowest BCUT2D eigenvalue weighted by atomic mass is 10.2. The van der Waals surface area contributed by atoms with Crippen molar-refractivity contribution in [3.63, 3.8) is 0 Å². The zero-order chi connectivity index (χ0) is 12.4. The van der Waals surface area contributed by atoms with Gasteiger partial charge in [-0.15, -0.1) is 0 Å². The van der Waals surface area contributed by atoms with Gasteiger partial charge in [-0.3, -0.25) is 4.98 Å². The average Bonchev–Trinajstić information content (AvgIpc) is 2.80. The van der Waals surface area contributed by atoms with Gasteiger partial charge < -0.3 is 4.57 Å². The molecule has 3 heteroatoms. The number of aryl methyl sites for hydroxylation is 2. The minimum Gasteiger partial charge on any atom is -0.347 e. The number of nitrogens with zero attached hydrogens (tertiary/aromatic N) is 2. The quantitative estimate of drug-likeness (QED) is 0.686. The molecule has 90 valence electrons. The highest BCUT2D eigenvalue weighted by molar-refractivity contribution is 5.80. The Balaban J connectivity index is 1.85. The van der Waals surface area contributed by atoms with Gasteiger partial charge >= 0.3 is 0 Å². The van der Waals surface area contributed by atoms with Crippen LogP contribution in [0.5, 0.6) is 0 Å². The molecule has 18 heavy (non-hydrogen) atoms. The molecule has 0 fully saturated rings. The molecule has 0 aliphatic carbocycles. The Morgan fingerprint density at radius 2 is 2.11 bits per heavy atom. The van der Waals surface area contributed by atoms with Crippen molar-refractivity contribution in [2.24, 2.45) is 0 Å². The predicted octanol–water partition coefficient (Wildman–Crippen LogP) is 3.42. The number of fused-ring (bicyclic) bond motifs is 1. The van der Waals surface area contributed by atoms with Gasteiger partial charge in [0.1, 0.15) is 5.82 Å². The summed E-state index contributed by atoms with van der Waals surface area (Å²) in [4.78, 5) is 4.09. The minimum absolute atomic E-state index is 0.191. The van der Waals surface area contributed by atoms with E-state index in [1.54, 1.807) is 12.3 Å². The lowest BCUT2D eigenvalue weighted by Gasteiger charge is -2.05. The van der Waals surface area contributed by atoms with Gasteiger partial charge in [-0.2, -0.15) is 0 Å². The number of hydrogen-bond donors (Lipinski definition) is 0. The van der Waals surface area contributed by atoms with Crippen molar-refractivity contribution < 1.29 is 4.39 Å². The third-order valence-corrected chi connectivity index (χ3v) is 3.10. The highest BCUT2D eigenvalue weighted by Gasteiger charge is 2.02. The molecule has 2 aromatic heterocycles. The van der Waals surface area contributed by atoms with Crippen LogP contribution in [-0.2, 0) is 13.0 Å². The molecule has 0 N–H and O–H groups in total. The van der Waals surface area contributed by atoms with Gasteiger partial charge in [-0.05, 0) is 47.7 Å². The summed E-state index contributed by atoms with van der Waals surface area (Å²) in [7, 11) is 0. The molecule has 0 atom stereocenters. The second-order valence-corrected chi connectivity index (χ2v) is 4.32. The second kappa shape index (κ2) is 4.61. The van der Waals surface area contributed by atoms with Crippen molar-refractivity contribution in [1.29, 1.82) is 0 Å². The predicted molar refractivity (Wildman–Crippen MR) is 69.8 cm³/mol. The molecular formula is C15H13FN2. The van der Waals surface area contributed by atoms with Crippen LogP contribution in [-0.4, -0.2) is 9.55 Å². The third-order valence-electron chi connectivity index (χ3n) is 3.10. The molecule has 0 unspecified atom stereocenters. The molecule has 0 saturated carbocycles. The summed E-state index contributed by atoms with van der Waals surface area (Å²) in [6.45, 7) is 0.832.